The number of cyclic esters (lactones) is 6. The largest absolute Gasteiger partial charge is 0.419 e. The summed E-state index contributed by atoms with van der Waals surface area (Å²) >= 11 is -4.91. The highest BCUT2D eigenvalue weighted by Gasteiger charge is 2.48. The third kappa shape index (κ3) is 24.7. The predicted octanol–water partition coefficient (Wildman–Crippen LogP) is 20.9. The van der Waals surface area contributed by atoms with E-state index in [1.807, 2.05) is 313 Å². The van der Waals surface area contributed by atoms with Gasteiger partial charge in [0.25, 0.3) is 41.0 Å². The van der Waals surface area contributed by atoms with Gasteiger partial charge in [0.2, 0.25) is 0 Å². The highest BCUT2D eigenvalue weighted by molar-refractivity contribution is 14.2. The predicted molar refractivity (Wildman–Crippen MR) is 554 cm³/mol. The number of urea groups is 2. The van der Waals surface area contributed by atoms with E-state index in [1.165, 1.54) is 14.1 Å². The van der Waals surface area contributed by atoms with Gasteiger partial charge in [-0.3, -0.25) is 29.0 Å². The molecule has 5 fully saturated rings. The van der Waals surface area contributed by atoms with Crippen LogP contribution in [0.5, 0.6) is 0 Å². The first-order valence-corrected chi connectivity index (χ1v) is 52.5. The van der Waals surface area contributed by atoms with Gasteiger partial charge in [0, 0.05) is 72.0 Å². The van der Waals surface area contributed by atoms with Crippen molar-refractivity contribution < 1.29 is 86.0 Å². The lowest BCUT2D eigenvalue weighted by Crippen LogP contribution is -2.60. The molecule has 0 spiro atoms. The minimum absolute atomic E-state index is 0.135. The van der Waals surface area contributed by atoms with Gasteiger partial charge in [0.15, 0.2) is 10.5 Å². The second-order valence-corrected chi connectivity index (χ2v) is 45.1. The summed E-state index contributed by atoms with van der Waals surface area (Å²) in [6.07, 6.45) is 1.40. The third-order valence-electron chi connectivity index (χ3n) is 20.3. The van der Waals surface area contributed by atoms with Crippen molar-refractivity contribution in [1.29, 1.82) is 0 Å². The van der Waals surface area contributed by atoms with Crippen LogP contribution in [-0.4, -0.2) is 130 Å². The molecule has 0 radical (unpaired) electrons. The maximum absolute atomic E-state index is 13.5. The Kier molecular flexibility index (Phi) is 32.9. The van der Waals surface area contributed by atoms with Gasteiger partial charge < -0.3 is 28.4 Å². The van der Waals surface area contributed by atoms with E-state index in [0.717, 1.165) is 93.1 Å². The van der Waals surface area contributed by atoms with Crippen molar-refractivity contribution in [3.05, 3.63) is 352 Å². The molecule has 0 N–H and O–H groups in total. The average Bonchev–Trinajstić information content (AvgIpc) is 0.752. The molecule has 12 aromatic carbocycles. The number of anilines is 2. The molecule has 672 valence electrons. The number of ether oxygens (including phenoxy) is 6. The normalized spacial score (nSPS) is 16.3. The van der Waals surface area contributed by atoms with Crippen molar-refractivity contribution in [2.45, 2.75) is 85.1 Å². The van der Waals surface area contributed by atoms with Gasteiger partial charge in [-0.05, 0) is 146 Å². The minimum Gasteiger partial charge on any atom is -0.419 e. The van der Waals surface area contributed by atoms with E-state index in [1.54, 1.807) is 69.3 Å². The number of nitrogens with zero attached hydrogens (tertiary/aromatic N) is 4. The van der Waals surface area contributed by atoms with E-state index in [4.69, 9.17) is 28.4 Å². The summed E-state index contributed by atoms with van der Waals surface area (Å²) in [5, 5.41) is 0. The second-order valence-electron chi connectivity index (χ2n) is 30.7. The fourth-order valence-corrected chi connectivity index (χ4v) is 24.5. The molecule has 5 saturated heterocycles. The van der Waals surface area contributed by atoms with Crippen LogP contribution in [0.3, 0.4) is 0 Å². The second kappa shape index (κ2) is 44.7. The van der Waals surface area contributed by atoms with Crippen molar-refractivity contribution >= 4 is 204 Å². The minimum atomic E-state index is -1.18. The molecule has 27 heteroatoms. The van der Waals surface area contributed by atoms with Crippen LogP contribution in [0.1, 0.15) is 67.7 Å². The van der Waals surface area contributed by atoms with E-state index in [2.05, 4.69) is 0 Å². The van der Waals surface area contributed by atoms with E-state index in [-0.39, 0.29) is 23.5 Å². The maximum atomic E-state index is 13.5. The number of carbonyl (C=O) groups is 12. The Bertz CT molecular complexity index is 6310. The van der Waals surface area contributed by atoms with Crippen LogP contribution in [-0.2, 0) is 76.4 Å². The molecule has 12 aromatic rings. The Labute approximate surface area is 813 Å². The van der Waals surface area contributed by atoms with Crippen molar-refractivity contribution in [3.63, 3.8) is 0 Å². The zero-order valence-electron chi connectivity index (χ0n) is 73.0. The molecule has 132 heavy (non-hydrogen) atoms. The molecule has 0 atom stereocenters. The monoisotopic (exact) mass is 2330 g/mol. The van der Waals surface area contributed by atoms with Crippen LogP contribution in [0, 0.1) is 23.8 Å². The van der Waals surface area contributed by atoms with Crippen LogP contribution < -0.4 is 9.80 Å². The van der Waals surface area contributed by atoms with Gasteiger partial charge >= 0.3 is 47.9 Å². The van der Waals surface area contributed by atoms with Gasteiger partial charge in [-0.2, -0.15) is 0 Å². The standard InChI is InChI=1S/C28H19IN2O3.C21H21IO4.C20H19IO4.C18H15IN2O3.C18H15IO4/c32-26-25(29-22-18-16-21(17-19-22)20-10-4-1-5-11-20)27(33)31(24-14-8-3-9-15-24)28(34)30(26)23-12-6-2-7-13-23;1-14(2)13-21(3)25-19(23)18(20(24)26-21)22-17-11-9-16(10-12-17)15-7-5-4-6-8-15;1-3-20(4-2)24-18(22)17(19(23)25-20)21-16-12-10-15(11-13-16)14-8-6-5-7-9-14;1-20-16(22)15(17(23)21(2)18(20)24)19-14-10-8-13(9-11-14)12-6-4-3-5-7-12;1-18(2)22-16(20)15(17(21)23-18)19-14-10-8-13(9-11-14)12-6-4-3-5-7-12/h1-19H;4-12,14H,13H2,1-3H3;5-13H,3-4H2,1-2H3;3-11H,1-2H3;3-11H,1-2H3. The van der Waals surface area contributed by atoms with Gasteiger partial charge in [-0.1, -0.05) is 380 Å². The first kappa shape index (κ1) is 97.2. The van der Waals surface area contributed by atoms with E-state index < -0.39 is 193 Å². The number of halogens is 5. The summed E-state index contributed by atoms with van der Waals surface area (Å²) < 4.78 is 37.6. The number of barbiturate groups is 2. The zero-order valence-corrected chi connectivity index (χ0v) is 83.8. The highest BCUT2D eigenvalue weighted by Crippen LogP contribution is 2.36. The lowest BCUT2D eigenvalue weighted by Gasteiger charge is -2.34. The topological polar surface area (TPSA) is 273 Å². The number of rotatable bonds is 16. The summed E-state index contributed by atoms with van der Waals surface area (Å²) in [5.74, 6) is -8.51. The Hall–Kier alpha value is -12.3. The average molecular weight is 2330 g/mol. The Balaban J connectivity index is 0.000000141. The number of imide groups is 4. The lowest BCUT2D eigenvalue weighted by molar-refractivity contribution is -0.230. The zero-order chi connectivity index (χ0) is 93.8. The molecular weight excluding hydrogens is 2240 g/mol. The number of carbonyl (C=O) groups excluding carboxylic acids is 12. The number of benzene rings is 12. The number of hydrogen-bond donors (Lipinski definition) is 0. The molecular formula is C105H89I5N4O18. The van der Waals surface area contributed by atoms with Crippen molar-refractivity contribution in [2.24, 2.45) is 5.92 Å². The molecule has 5 aliphatic heterocycles. The maximum Gasteiger partial charge on any atom is 0.354 e. The summed E-state index contributed by atoms with van der Waals surface area (Å²) in [6, 6.07) is 106. The van der Waals surface area contributed by atoms with Gasteiger partial charge in [-0.15, -0.1) is 0 Å². The first-order chi connectivity index (χ1) is 63.5. The molecule has 0 unspecified atom stereocenters. The summed E-state index contributed by atoms with van der Waals surface area (Å²) in [6.45, 7) is 12.4. The summed E-state index contributed by atoms with van der Waals surface area (Å²) in [4.78, 5) is 154. The van der Waals surface area contributed by atoms with Crippen molar-refractivity contribution in [3.8, 4) is 55.6 Å². The van der Waals surface area contributed by atoms with E-state index >= 15 is 0 Å². The van der Waals surface area contributed by atoms with Crippen LogP contribution in [0.4, 0.5) is 21.0 Å². The van der Waals surface area contributed by atoms with Gasteiger partial charge in [0.05, 0.1) is 11.4 Å². The Morgan fingerprint density at radius 2 is 0.470 bits per heavy atom. The van der Waals surface area contributed by atoms with Crippen LogP contribution in [0.25, 0.3) is 55.6 Å². The quantitative estimate of drug-likeness (QED) is 0.0494. The molecule has 17 rings (SSSR count). The first-order valence-electron chi connectivity index (χ1n) is 41.7. The number of amides is 8. The SMILES string of the molecule is CC(C)CC1(C)OC(=O)C(=Ic2ccc(-c3ccccc3)cc2)C(=O)O1.CC1(C)OC(=O)C(=Ic2ccc(-c3ccccc3)cc2)C(=O)O1.CCC1(CC)OC(=O)C(=Ic2ccc(-c3ccccc3)cc2)C(=O)O1.CN1C(=O)C(=Ic2ccc(-c3ccccc3)cc2)C(=O)N(C)C1=O.O=C1C(=Ic2ccc(-c3ccccc3)cc2)C(=O)N(c2ccccc2)C(=O)N1c1ccccc1. The lowest BCUT2D eigenvalue weighted by atomic mass is 10.0. The molecule has 0 bridgehead atoms. The fraction of sp³-hybridized carbons (Fsp3) is 0.152. The molecule has 5 heterocycles. The summed E-state index contributed by atoms with van der Waals surface area (Å²) in [7, 11) is 2.80. The summed E-state index contributed by atoms with van der Waals surface area (Å²) in [5.41, 5.74) is 11.9. The molecule has 0 saturated carbocycles. The number of hydrogen-bond acceptors (Lipinski definition) is 18. The van der Waals surface area contributed by atoms with E-state index in [9.17, 15) is 57.5 Å². The van der Waals surface area contributed by atoms with Crippen molar-refractivity contribution in [1.82, 2.24) is 9.80 Å². The molecule has 22 nitrogen and oxygen atoms in total. The van der Waals surface area contributed by atoms with Crippen LogP contribution in [0.2, 0.25) is 0 Å². The molecule has 0 aliphatic carbocycles. The Morgan fingerprint density at radius 1 is 0.258 bits per heavy atom. The van der Waals surface area contributed by atoms with E-state index in [0.29, 0.717) is 30.6 Å². The Morgan fingerprint density at radius 3 is 0.712 bits per heavy atom. The molecule has 5 aliphatic rings. The highest BCUT2D eigenvalue weighted by atomic mass is 127. The van der Waals surface area contributed by atoms with Gasteiger partial charge in [0.1, 0.15) is 7.02 Å². The fourth-order valence-electron chi connectivity index (χ4n) is 13.7. The smallest absolute Gasteiger partial charge is 0.354 e. The number of para-hydroxylation sites is 2. The number of esters is 6. The van der Waals surface area contributed by atoms with Crippen molar-refractivity contribution in [2.75, 3.05) is 23.9 Å². The van der Waals surface area contributed by atoms with Crippen LogP contribution >= 0.6 is 104 Å². The van der Waals surface area contributed by atoms with Gasteiger partial charge in [-0.25, -0.2) is 48.2 Å². The molecule has 0 aromatic heterocycles. The third-order valence-corrected chi connectivity index (χ3v) is 34.2. The molecule has 8 amide bonds. The van der Waals surface area contributed by atoms with Crippen LogP contribution in [0.15, 0.2) is 334 Å².